The second-order valence-electron chi connectivity index (χ2n) is 7.61. The molecule has 27 heavy (non-hydrogen) atoms. The van der Waals surface area contributed by atoms with E-state index in [4.69, 9.17) is 0 Å². The minimum atomic E-state index is -0.283. The molecule has 1 saturated heterocycles. The number of likely N-dealkylation sites (tertiary alicyclic amines) is 1. The van der Waals surface area contributed by atoms with E-state index in [1.807, 2.05) is 11.9 Å². The summed E-state index contributed by atoms with van der Waals surface area (Å²) in [6.07, 6.45) is 4.93. The number of nitrogens with one attached hydrogen (secondary N) is 1. The highest BCUT2D eigenvalue weighted by Gasteiger charge is 2.28. The van der Waals surface area contributed by atoms with E-state index in [1.54, 1.807) is 23.0 Å². The molecular formula is C21H29FN4O. The Hall–Kier alpha value is -2.21. The zero-order valence-corrected chi connectivity index (χ0v) is 16.4. The molecule has 0 atom stereocenters. The van der Waals surface area contributed by atoms with E-state index >= 15 is 0 Å². The molecule has 3 rings (SSSR count). The summed E-state index contributed by atoms with van der Waals surface area (Å²) in [5, 5.41) is 7.65. The maximum atomic E-state index is 13.3. The SMILES string of the molecule is CNCCC1CCN(C(=O)c2cnn(-c3ccc(F)cc3)c2C(C)C)CC1. The van der Waals surface area contributed by atoms with Crippen LogP contribution in [0.25, 0.3) is 5.69 Å². The molecule has 0 spiro atoms. The number of halogens is 1. The summed E-state index contributed by atoms with van der Waals surface area (Å²) < 4.78 is 15.0. The summed E-state index contributed by atoms with van der Waals surface area (Å²) in [6, 6.07) is 6.21. The molecule has 0 radical (unpaired) electrons. The van der Waals surface area contributed by atoms with Gasteiger partial charge in [0, 0.05) is 13.1 Å². The molecule has 0 unspecified atom stereocenters. The summed E-state index contributed by atoms with van der Waals surface area (Å²) in [5.74, 6) is 0.589. The topological polar surface area (TPSA) is 50.2 Å². The standard InChI is InChI=1S/C21H29FN4O/c1-15(2)20-19(14-24-26(20)18-6-4-17(22)5-7-18)21(27)25-12-9-16(10-13-25)8-11-23-3/h4-7,14-16,23H,8-13H2,1-3H3. The number of amides is 1. The van der Waals surface area contributed by atoms with E-state index < -0.39 is 0 Å². The molecule has 5 nitrogen and oxygen atoms in total. The number of carbonyl (C=O) groups excluding carboxylic acids is 1. The molecule has 6 heteroatoms. The Kier molecular flexibility index (Phi) is 6.26. The molecule has 1 aliphatic heterocycles. The molecule has 0 bridgehead atoms. The number of benzene rings is 1. The predicted octanol–water partition coefficient (Wildman–Crippen LogP) is 3.60. The summed E-state index contributed by atoms with van der Waals surface area (Å²) >= 11 is 0. The van der Waals surface area contributed by atoms with Crippen molar-refractivity contribution in [2.24, 2.45) is 5.92 Å². The van der Waals surface area contributed by atoms with Gasteiger partial charge in [0.2, 0.25) is 0 Å². The smallest absolute Gasteiger partial charge is 0.257 e. The fraction of sp³-hybridized carbons (Fsp3) is 0.524. The molecule has 1 aromatic carbocycles. The third-order valence-electron chi connectivity index (χ3n) is 5.36. The lowest BCUT2D eigenvalue weighted by Gasteiger charge is -2.32. The predicted molar refractivity (Wildman–Crippen MR) is 105 cm³/mol. The fourth-order valence-electron chi connectivity index (χ4n) is 3.81. The maximum absolute atomic E-state index is 13.3. The summed E-state index contributed by atoms with van der Waals surface area (Å²) in [4.78, 5) is 15.1. The molecule has 1 aliphatic rings. The first-order valence-corrected chi connectivity index (χ1v) is 9.79. The highest BCUT2D eigenvalue weighted by molar-refractivity contribution is 5.95. The van der Waals surface area contributed by atoms with Crippen LogP contribution in [0, 0.1) is 11.7 Å². The van der Waals surface area contributed by atoms with E-state index in [9.17, 15) is 9.18 Å². The van der Waals surface area contributed by atoms with Gasteiger partial charge in [0.25, 0.3) is 5.91 Å². The van der Waals surface area contributed by atoms with Crippen molar-refractivity contribution in [1.29, 1.82) is 0 Å². The Labute approximate surface area is 160 Å². The third-order valence-corrected chi connectivity index (χ3v) is 5.36. The minimum Gasteiger partial charge on any atom is -0.339 e. The van der Waals surface area contributed by atoms with Crippen LogP contribution < -0.4 is 5.32 Å². The molecule has 146 valence electrons. The Bertz CT molecular complexity index is 761. The van der Waals surface area contributed by atoms with Crippen LogP contribution in [-0.4, -0.2) is 47.3 Å². The summed E-state index contributed by atoms with van der Waals surface area (Å²) in [5.41, 5.74) is 2.30. The largest absolute Gasteiger partial charge is 0.339 e. The normalized spacial score (nSPS) is 15.5. The number of carbonyl (C=O) groups is 1. The van der Waals surface area contributed by atoms with Crippen LogP contribution in [-0.2, 0) is 0 Å². The van der Waals surface area contributed by atoms with Crippen molar-refractivity contribution < 1.29 is 9.18 Å². The third kappa shape index (κ3) is 4.38. The second-order valence-corrected chi connectivity index (χ2v) is 7.61. The maximum Gasteiger partial charge on any atom is 0.257 e. The highest BCUT2D eigenvalue weighted by Crippen LogP contribution is 2.27. The average Bonchev–Trinajstić information content (AvgIpc) is 3.12. The number of piperidine rings is 1. The van der Waals surface area contributed by atoms with Gasteiger partial charge in [-0.15, -0.1) is 0 Å². The number of hydrogen-bond acceptors (Lipinski definition) is 3. The van der Waals surface area contributed by atoms with Gasteiger partial charge in [0.1, 0.15) is 5.82 Å². The first-order valence-electron chi connectivity index (χ1n) is 9.79. The molecule has 0 saturated carbocycles. The number of hydrogen-bond donors (Lipinski definition) is 1. The van der Waals surface area contributed by atoms with Crippen molar-refractivity contribution >= 4 is 5.91 Å². The van der Waals surface area contributed by atoms with Crippen LogP contribution in [0.1, 0.15) is 55.1 Å². The zero-order chi connectivity index (χ0) is 19.4. The molecular weight excluding hydrogens is 343 g/mol. The number of aromatic nitrogens is 2. The van der Waals surface area contributed by atoms with Gasteiger partial charge in [-0.25, -0.2) is 9.07 Å². The zero-order valence-electron chi connectivity index (χ0n) is 16.4. The van der Waals surface area contributed by atoms with Gasteiger partial charge in [0.15, 0.2) is 0 Å². The summed E-state index contributed by atoms with van der Waals surface area (Å²) in [6.45, 7) is 6.73. The molecule has 1 amide bonds. The quantitative estimate of drug-likeness (QED) is 0.843. The molecule has 1 fully saturated rings. The first kappa shape index (κ1) is 19.5. The van der Waals surface area contributed by atoms with Crippen LogP contribution in [0.4, 0.5) is 4.39 Å². The van der Waals surface area contributed by atoms with E-state index in [1.165, 1.54) is 12.1 Å². The van der Waals surface area contributed by atoms with Gasteiger partial charge in [-0.05, 0) is 69.0 Å². The highest BCUT2D eigenvalue weighted by atomic mass is 19.1. The van der Waals surface area contributed by atoms with Gasteiger partial charge in [0.05, 0.1) is 23.1 Å². The molecule has 0 aliphatic carbocycles. The van der Waals surface area contributed by atoms with Crippen molar-refractivity contribution in [3.8, 4) is 5.69 Å². The molecule has 2 aromatic rings. The lowest BCUT2D eigenvalue weighted by molar-refractivity contribution is 0.0685. The van der Waals surface area contributed by atoms with Crippen LogP contribution in [0.5, 0.6) is 0 Å². The van der Waals surface area contributed by atoms with Crippen LogP contribution in [0.2, 0.25) is 0 Å². The van der Waals surface area contributed by atoms with Gasteiger partial charge in [-0.2, -0.15) is 5.10 Å². The average molecular weight is 372 g/mol. The van der Waals surface area contributed by atoms with E-state index in [2.05, 4.69) is 24.3 Å². The van der Waals surface area contributed by atoms with Crippen molar-refractivity contribution in [1.82, 2.24) is 20.0 Å². The molecule has 1 N–H and O–H groups in total. The Morgan fingerprint density at radius 2 is 1.93 bits per heavy atom. The number of rotatable bonds is 6. The minimum absolute atomic E-state index is 0.0547. The van der Waals surface area contributed by atoms with Gasteiger partial charge in [-0.3, -0.25) is 4.79 Å². The van der Waals surface area contributed by atoms with Gasteiger partial charge < -0.3 is 10.2 Å². The van der Waals surface area contributed by atoms with Crippen LogP contribution in [0.3, 0.4) is 0 Å². The monoisotopic (exact) mass is 372 g/mol. The first-order chi connectivity index (χ1) is 13.0. The van der Waals surface area contributed by atoms with E-state index in [-0.39, 0.29) is 17.6 Å². The van der Waals surface area contributed by atoms with Crippen molar-refractivity contribution in [2.45, 2.75) is 39.0 Å². The Morgan fingerprint density at radius 1 is 1.26 bits per heavy atom. The van der Waals surface area contributed by atoms with Crippen molar-refractivity contribution in [3.05, 3.63) is 47.5 Å². The number of nitrogens with zero attached hydrogens (tertiary/aromatic N) is 3. The lowest BCUT2D eigenvalue weighted by Crippen LogP contribution is -2.39. The Balaban J connectivity index is 1.78. The molecule has 2 heterocycles. The van der Waals surface area contributed by atoms with Gasteiger partial charge in [-0.1, -0.05) is 13.8 Å². The second kappa shape index (κ2) is 8.65. The lowest BCUT2D eigenvalue weighted by atomic mass is 9.93. The van der Waals surface area contributed by atoms with Crippen molar-refractivity contribution in [2.75, 3.05) is 26.7 Å². The van der Waals surface area contributed by atoms with E-state index in [0.29, 0.717) is 11.5 Å². The summed E-state index contributed by atoms with van der Waals surface area (Å²) in [7, 11) is 1.98. The van der Waals surface area contributed by atoms with E-state index in [0.717, 1.165) is 50.3 Å². The fourth-order valence-corrected chi connectivity index (χ4v) is 3.81. The molecule has 1 aromatic heterocycles. The Morgan fingerprint density at radius 3 is 2.52 bits per heavy atom. The van der Waals surface area contributed by atoms with Crippen LogP contribution >= 0.6 is 0 Å². The van der Waals surface area contributed by atoms with Crippen molar-refractivity contribution in [3.63, 3.8) is 0 Å². The van der Waals surface area contributed by atoms with Gasteiger partial charge >= 0.3 is 0 Å². The van der Waals surface area contributed by atoms with Crippen LogP contribution in [0.15, 0.2) is 30.5 Å².